The fraction of sp³-hybridized carbons (Fsp3) is 0.143. The molecule has 1 aromatic rings. The third kappa shape index (κ3) is 2.35. The van der Waals surface area contributed by atoms with Crippen LogP contribution in [0.15, 0.2) is 16.5 Å². The van der Waals surface area contributed by atoms with E-state index in [1.165, 1.54) is 5.56 Å². The smallest absolute Gasteiger partial charge is 0.256 e. The van der Waals surface area contributed by atoms with Gasteiger partial charge in [-0.15, -0.1) is 16.4 Å². The van der Waals surface area contributed by atoms with Crippen LogP contribution in [0.25, 0.3) is 0 Å². The first-order valence-corrected chi connectivity index (χ1v) is 4.29. The molecule has 4 nitrogen and oxygen atoms in total. The molecule has 0 atom stereocenters. The Bertz CT molecular complexity index is 309. The van der Waals surface area contributed by atoms with Crippen LogP contribution in [0.2, 0.25) is 0 Å². The van der Waals surface area contributed by atoms with Crippen molar-refractivity contribution in [2.45, 2.75) is 6.92 Å². The molecule has 0 unspecified atom stereocenters. The van der Waals surface area contributed by atoms with Gasteiger partial charge in [-0.1, -0.05) is 0 Å². The topological polar surface area (TPSA) is 78.4 Å². The van der Waals surface area contributed by atoms with Crippen molar-refractivity contribution < 1.29 is 5.10 Å². The van der Waals surface area contributed by atoms with Crippen LogP contribution in [0.1, 0.15) is 10.4 Å². The minimum absolute atomic E-state index is 0.0282. The molecule has 1 aromatic heterocycles. The second kappa shape index (κ2) is 3.87. The molecular weight excluding hydrogens is 172 g/mol. The molecule has 0 aliphatic carbocycles. The summed E-state index contributed by atoms with van der Waals surface area (Å²) in [5.74, 6) is 0.0282. The molecule has 0 saturated carbocycles. The van der Waals surface area contributed by atoms with Crippen molar-refractivity contribution in [3.05, 3.63) is 21.9 Å². The number of nitrogens with two attached hydrogens (primary N) is 2. The normalized spacial score (nSPS) is 10.4. The summed E-state index contributed by atoms with van der Waals surface area (Å²) < 4.78 is 0. The maximum atomic E-state index is 5.12. The maximum Gasteiger partial charge on any atom is 0.256 e. The highest BCUT2D eigenvalue weighted by Gasteiger charge is 1.97. The van der Waals surface area contributed by atoms with E-state index in [-0.39, 0.29) is 5.96 Å². The van der Waals surface area contributed by atoms with Crippen molar-refractivity contribution in [1.82, 2.24) is 0 Å². The molecule has 5 N–H and O–H groups in total. The summed E-state index contributed by atoms with van der Waals surface area (Å²) in [6.45, 7) is 2.03. The number of rotatable bonds is 2. The van der Waals surface area contributed by atoms with E-state index in [4.69, 9.17) is 11.5 Å². The molecule has 0 bridgehead atoms. The number of guanidine groups is 1. The lowest BCUT2D eigenvalue weighted by molar-refractivity contribution is -0.456. The van der Waals surface area contributed by atoms with Crippen molar-refractivity contribution >= 4 is 23.5 Å². The van der Waals surface area contributed by atoms with Crippen LogP contribution in [-0.2, 0) is 0 Å². The zero-order chi connectivity index (χ0) is 8.97. The van der Waals surface area contributed by atoms with Gasteiger partial charge in [0.15, 0.2) is 0 Å². The fourth-order valence-electron chi connectivity index (χ4n) is 0.698. The van der Waals surface area contributed by atoms with Crippen molar-refractivity contribution in [2.75, 3.05) is 0 Å². The Kier molecular flexibility index (Phi) is 2.82. The highest BCUT2D eigenvalue weighted by atomic mass is 32.1. The number of nitrogens with one attached hydrogen (secondary N) is 1. The van der Waals surface area contributed by atoms with Crippen LogP contribution in [-0.4, -0.2) is 12.2 Å². The molecule has 0 radical (unpaired) electrons. The number of aryl methyl sites for hydroxylation is 1. The Morgan fingerprint density at radius 1 is 1.67 bits per heavy atom. The van der Waals surface area contributed by atoms with Gasteiger partial charge in [0.05, 0.1) is 4.88 Å². The lowest BCUT2D eigenvalue weighted by Gasteiger charge is -1.81. The quantitative estimate of drug-likeness (QED) is 0.304. The average molecular weight is 183 g/mol. The Hall–Kier alpha value is -1.36. The first kappa shape index (κ1) is 8.73. The summed E-state index contributed by atoms with van der Waals surface area (Å²) in [6, 6.07) is 2.04. The number of hydrogen-bond donors (Lipinski definition) is 3. The van der Waals surface area contributed by atoms with Gasteiger partial charge >= 0.3 is 0 Å². The van der Waals surface area contributed by atoms with Gasteiger partial charge in [0.25, 0.3) is 5.96 Å². The van der Waals surface area contributed by atoms with Gasteiger partial charge in [-0.3, -0.25) is 0 Å². The van der Waals surface area contributed by atoms with Gasteiger partial charge in [-0.05, 0) is 23.9 Å². The number of hydrazone groups is 1. The Labute approximate surface area is 74.6 Å². The molecule has 1 rings (SSSR count). The molecule has 0 saturated heterocycles. The van der Waals surface area contributed by atoms with E-state index < -0.39 is 0 Å². The van der Waals surface area contributed by atoms with Gasteiger partial charge < -0.3 is 11.5 Å². The van der Waals surface area contributed by atoms with Gasteiger partial charge in [0.1, 0.15) is 0 Å². The lowest BCUT2D eigenvalue weighted by Crippen LogP contribution is -2.63. The summed E-state index contributed by atoms with van der Waals surface area (Å²) in [6.07, 6.45) is 1.76. The molecule has 0 aliphatic rings. The van der Waals surface area contributed by atoms with Crippen molar-refractivity contribution in [3.8, 4) is 0 Å². The van der Waals surface area contributed by atoms with E-state index in [1.807, 2.05) is 18.4 Å². The summed E-state index contributed by atoms with van der Waals surface area (Å²) in [7, 11) is 0. The van der Waals surface area contributed by atoms with E-state index in [0.717, 1.165) is 4.88 Å². The monoisotopic (exact) mass is 183 g/mol. The maximum absolute atomic E-state index is 5.12. The molecule has 0 amide bonds. The van der Waals surface area contributed by atoms with E-state index in [0.29, 0.717) is 0 Å². The van der Waals surface area contributed by atoms with Gasteiger partial charge in [0, 0.05) is 5.10 Å². The highest BCUT2D eigenvalue weighted by molar-refractivity contribution is 7.11. The van der Waals surface area contributed by atoms with Crippen molar-refractivity contribution in [2.24, 2.45) is 16.6 Å². The zero-order valence-corrected chi connectivity index (χ0v) is 7.56. The van der Waals surface area contributed by atoms with E-state index in [1.54, 1.807) is 17.6 Å². The third-order valence-electron chi connectivity index (χ3n) is 1.29. The second-order valence-corrected chi connectivity index (χ2v) is 3.23. The molecule has 12 heavy (non-hydrogen) atoms. The molecular formula is C7H11N4S+. The van der Waals surface area contributed by atoms with Crippen LogP contribution in [0.3, 0.4) is 0 Å². The molecule has 0 spiro atoms. The minimum Gasteiger partial charge on any atom is -0.365 e. The van der Waals surface area contributed by atoms with E-state index in [2.05, 4.69) is 10.2 Å². The molecule has 0 aromatic carbocycles. The van der Waals surface area contributed by atoms with Crippen molar-refractivity contribution in [3.63, 3.8) is 0 Å². The minimum atomic E-state index is 0.0282. The van der Waals surface area contributed by atoms with Crippen molar-refractivity contribution in [1.29, 1.82) is 0 Å². The zero-order valence-electron chi connectivity index (χ0n) is 6.74. The van der Waals surface area contributed by atoms with Crippen LogP contribution in [0, 0.1) is 6.92 Å². The van der Waals surface area contributed by atoms with Gasteiger partial charge in [-0.25, -0.2) is 0 Å². The molecule has 64 valence electrons. The van der Waals surface area contributed by atoms with Crippen LogP contribution < -0.4 is 16.6 Å². The fourth-order valence-corrected chi connectivity index (χ4v) is 1.49. The lowest BCUT2D eigenvalue weighted by atomic mass is 10.3. The summed E-state index contributed by atoms with van der Waals surface area (Å²) >= 11 is 1.63. The number of hydrogen-bond acceptors (Lipinski definition) is 2. The predicted octanol–water partition coefficient (Wildman–Crippen LogP) is -1.26. The Balaban J connectivity index is 2.70. The summed E-state index contributed by atoms with van der Waals surface area (Å²) in [5.41, 5.74) is 11.4. The first-order chi connectivity index (χ1) is 5.70. The number of nitrogens with zero attached hydrogens (tertiary/aromatic N) is 1. The van der Waals surface area contributed by atoms with E-state index in [9.17, 15) is 0 Å². The van der Waals surface area contributed by atoms with Crippen LogP contribution in [0.4, 0.5) is 0 Å². The molecule has 5 heteroatoms. The second-order valence-electron chi connectivity index (χ2n) is 2.28. The van der Waals surface area contributed by atoms with Gasteiger partial charge in [-0.2, -0.15) is 0 Å². The predicted molar refractivity (Wildman–Crippen MR) is 51.0 cm³/mol. The third-order valence-corrected chi connectivity index (χ3v) is 2.26. The van der Waals surface area contributed by atoms with E-state index >= 15 is 0 Å². The summed E-state index contributed by atoms with van der Waals surface area (Å²) in [4.78, 5) is 1.13. The summed E-state index contributed by atoms with van der Waals surface area (Å²) in [5, 5.41) is 8.28. The average Bonchev–Trinajstić information content (AvgIpc) is 2.36. The van der Waals surface area contributed by atoms with Gasteiger partial charge in [0.2, 0.25) is 6.21 Å². The molecule has 0 fully saturated rings. The Morgan fingerprint density at radius 2 is 2.42 bits per heavy atom. The molecule has 0 aliphatic heterocycles. The Morgan fingerprint density at radius 3 is 2.92 bits per heavy atom. The molecule has 1 heterocycles. The largest absolute Gasteiger partial charge is 0.365 e. The SMILES string of the molecule is Cc1ccsc1/C=[NH+]/N=C(N)N. The first-order valence-electron chi connectivity index (χ1n) is 3.41. The standard InChI is InChI=1S/C7H10N4S/c1-5-2-3-12-6(5)4-10-11-7(8)9/h2-4H,1H3,(H4,8,9,11)/p+1/b10-4+. The highest BCUT2D eigenvalue weighted by Crippen LogP contribution is 2.10. The number of thiophene rings is 1. The van der Waals surface area contributed by atoms with Crippen LogP contribution in [0.5, 0.6) is 0 Å². The van der Waals surface area contributed by atoms with Crippen LogP contribution >= 0.6 is 11.3 Å².